The van der Waals surface area contributed by atoms with E-state index in [0.717, 1.165) is 29.8 Å². The van der Waals surface area contributed by atoms with Gasteiger partial charge >= 0.3 is 12.6 Å². The summed E-state index contributed by atoms with van der Waals surface area (Å²) in [5.41, 5.74) is 2.28. The Bertz CT molecular complexity index is 766. The van der Waals surface area contributed by atoms with Crippen molar-refractivity contribution >= 4 is 17.8 Å². The molecule has 1 spiro atoms. The third-order valence-corrected chi connectivity index (χ3v) is 5.12. The second-order valence-electron chi connectivity index (χ2n) is 7.44. The molecule has 1 aliphatic carbocycles. The van der Waals surface area contributed by atoms with E-state index in [1.807, 2.05) is 0 Å². The predicted octanol–water partition coefficient (Wildman–Crippen LogP) is 2.01. The number of imide groups is 1. The van der Waals surface area contributed by atoms with Gasteiger partial charge in [-0.3, -0.25) is 19.9 Å². The molecule has 2 aliphatic rings. The van der Waals surface area contributed by atoms with Gasteiger partial charge in [-0.05, 0) is 37.6 Å². The second kappa shape index (κ2) is 8.73. The summed E-state index contributed by atoms with van der Waals surface area (Å²) in [6.07, 6.45) is 3.90. The van der Waals surface area contributed by atoms with Gasteiger partial charge in [0.15, 0.2) is 0 Å². The zero-order valence-corrected chi connectivity index (χ0v) is 16.1. The largest absolute Gasteiger partial charge is 0.435 e. The smallest absolute Gasteiger partial charge is 0.387 e. The molecule has 1 aromatic carbocycles. The fourth-order valence-electron chi connectivity index (χ4n) is 3.77. The Morgan fingerprint density at radius 1 is 1.24 bits per heavy atom. The molecule has 0 aromatic heterocycles. The average molecular weight is 410 g/mol. The Balaban J connectivity index is 1.51. The van der Waals surface area contributed by atoms with Crippen molar-refractivity contribution in [2.75, 3.05) is 13.6 Å². The van der Waals surface area contributed by atoms with Crippen LogP contribution < -0.4 is 15.5 Å². The first-order valence-corrected chi connectivity index (χ1v) is 9.47. The molecular weight excluding hydrogens is 386 g/mol. The normalized spacial score (nSPS) is 18.4. The van der Waals surface area contributed by atoms with Crippen LogP contribution in [0.25, 0.3) is 0 Å². The molecule has 0 bridgehead atoms. The van der Waals surface area contributed by atoms with Gasteiger partial charge in [0.1, 0.15) is 11.3 Å². The minimum atomic E-state index is -2.88. The highest BCUT2D eigenvalue weighted by atomic mass is 19.3. The summed E-state index contributed by atoms with van der Waals surface area (Å²) in [5, 5.41) is 3.51. The number of hydrazine groups is 1. The Hall–Kier alpha value is -2.75. The van der Waals surface area contributed by atoms with Crippen LogP contribution in [0, 0.1) is 0 Å². The molecule has 1 heterocycles. The number of alkyl halides is 2. The number of likely N-dealkylation sites (N-methyl/N-ethyl adjacent to an activating group) is 1. The van der Waals surface area contributed by atoms with E-state index in [2.05, 4.69) is 15.5 Å². The lowest BCUT2D eigenvalue weighted by Crippen LogP contribution is -2.52. The number of nitrogens with zero attached hydrogens (tertiary/aromatic N) is 2. The zero-order valence-electron chi connectivity index (χ0n) is 16.1. The van der Waals surface area contributed by atoms with E-state index in [9.17, 15) is 23.2 Å². The maximum atomic E-state index is 12.7. The summed E-state index contributed by atoms with van der Waals surface area (Å²) in [7, 11) is 1.69. The minimum absolute atomic E-state index is 0.0550. The quantitative estimate of drug-likeness (QED) is 0.671. The highest BCUT2D eigenvalue weighted by Crippen LogP contribution is 2.32. The summed E-state index contributed by atoms with van der Waals surface area (Å²) in [6.45, 7) is -2.57. The minimum Gasteiger partial charge on any atom is -0.435 e. The van der Waals surface area contributed by atoms with Gasteiger partial charge in [-0.1, -0.05) is 31.4 Å². The molecule has 1 saturated heterocycles. The van der Waals surface area contributed by atoms with Crippen molar-refractivity contribution in [3.63, 3.8) is 0 Å². The fraction of sp³-hybridized carbons (Fsp3) is 0.526. The molecule has 1 aliphatic heterocycles. The van der Waals surface area contributed by atoms with Gasteiger partial charge in [0.2, 0.25) is 0 Å². The van der Waals surface area contributed by atoms with Gasteiger partial charge in [0.25, 0.3) is 11.8 Å². The van der Waals surface area contributed by atoms with E-state index in [-0.39, 0.29) is 12.3 Å². The van der Waals surface area contributed by atoms with Gasteiger partial charge in [0, 0.05) is 6.54 Å². The number of carbonyl (C=O) groups is 3. The van der Waals surface area contributed by atoms with Gasteiger partial charge in [-0.15, -0.1) is 0 Å². The number of nitrogens with one attached hydrogen (secondary N) is 2. The highest BCUT2D eigenvalue weighted by Gasteiger charge is 2.52. The molecule has 1 aromatic rings. The Kier molecular flexibility index (Phi) is 6.31. The highest BCUT2D eigenvalue weighted by molar-refractivity contribution is 6.08. The Morgan fingerprint density at radius 2 is 1.90 bits per heavy atom. The van der Waals surface area contributed by atoms with Crippen molar-refractivity contribution in [1.82, 2.24) is 20.7 Å². The molecule has 8 nitrogen and oxygen atoms in total. The molecule has 0 atom stereocenters. The summed E-state index contributed by atoms with van der Waals surface area (Å²) in [5.74, 6) is -0.853. The lowest BCUT2D eigenvalue weighted by molar-refractivity contribution is -0.140. The number of benzene rings is 1. The van der Waals surface area contributed by atoms with Crippen molar-refractivity contribution in [2.45, 2.75) is 50.8 Å². The average Bonchev–Trinajstić information content (AvgIpc) is 2.87. The number of hydrogen-bond acceptors (Lipinski definition) is 5. The topological polar surface area (TPSA) is 91.0 Å². The van der Waals surface area contributed by atoms with Crippen LogP contribution in [0.2, 0.25) is 0 Å². The first-order chi connectivity index (χ1) is 13.8. The van der Waals surface area contributed by atoms with E-state index >= 15 is 0 Å². The molecule has 10 heteroatoms. The Labute approximate surface area is 167 Å². The first kappa shape index (κ1) is 21.0. The molecule has 0 unspecified atom stereocenters. The zero-order chi connectivity index (χ0) is 21.0. The first-order valence-electron chi connectivity index (χ1n) is 9.47. The standard InChI is InChI=1S/C19H24F2N4O4/c1-24(11-13-5-7-14(8-6-13)29-17(20)21)12-15(26)23-25-16(27)19(22-18(25)28)9-3-2-4-10-19/h5-8,17H,2-4,9-12H2,1H3,(H,22,28)(H,23,26). The van der Waals surface area contributed by atoms with Crippen LogP contribution in [-0.2, 0) is 16.1 Å². The van der Waals surface area contributed by atoms with E-state index in [4.69, 9.17) is 0 Å². The molecule has 2 fully saturated rings. The molecule has 0 radical (unpaired) electrons. The van der Waals surface area contributed by atoms with Crippen molar-refractivity contribution in [3.05, 3.63) is 29.8 Å². The lowest BCUT2D eigenvalue weighted by atomic mass is 9.82. The van der Waals surface area contributed by atoms with Crippen molar-refractivity contribution in [1.29, 1.82) is 0 Å². The van der Waals surface area contributed by atoms with Crippen molar-refractivity contribution < 1.29 is 27.9 Å². The molecule has 3 rings (SSSR count). The number of halogens is 2. The summed E-state index contributed by atoms with van der Waals surface area (Å²) < 4.78 is 28.7. The van der Waals surface area contributed by atoms with Crippen LogP contribution in [0.3, 0.4) is 0 Å². The molecule has 4 amide bonds. The van der Waals surface area contributed by atoms with E-state index in [1.165, 1.54) is 12.1 Å². The van der Waals surface area contributed by atoms with E-state index < -0.39 is 30.0 Å². The monoisotopic (exact) mass is 410 g/mol. The van der Waals surface area contributed by atoms with Gasteiger partial charge in [0.05, 0.1) is 6.54 Å². The van der Waals surface area contributed by atoms with Crippen LogP contribution in [-0.4, -0.2) is 53.5 Å². The molecule has 29 heavy (non-hydrogen) atoms. The van der Waals surface area contributed by atoms with Crippen molar-refractivity contribution in [3.8, 4) is 5.75 Å². The van der Waals surface area contributed by atoms with E-state index in [0.29, 0.717) is 19.4 Å². The molecule has 158 valence electrons. The maximum absolute atomic E-state index is 12.7. The number of ether oxygens (including phenoxy) is 1. The summed E-state index contributed by atoms with van der Waals surface area (Å²) in [4.78, 5) is 38.8. The van der Waals surface area contributed by atoms with Crippen LogP contribution in [0.15, 0.2) is 24.3 Å². The second-order valence-corrected chi connectivity index (χ2v) is 7.44. The van der Waals surface area contributed by atoms with Gasteiger partial charge in [-0.25, -0.2) is 4.79 Å². The summed E-state index contributed by atoms with van der Waals surface area (Å²) >= 11 is 0. The fourth-order valence-corrected chi connectivity index (χ4v) is 3.77. The number of carbonyl (C=O) groups excluding carboxylic acids is 3. The van der Waals surface area contributed by atoms with Crippen molar-refractivity contribution in [2.24, 2.45) is 0 Å². The predicted molar refractivity (Wildman–Crippen MR) is 98.7 cm³/mol. The summed E-state index contributed by atoms with van der Waals surface area (Å²) in [6, 6.07) is 5.48. The molecular formula is C19H24F2N4O4. The number of urea groups is 1. The van der Waals surface area contributed by atoms with Crippen LogP contribution in [0.4, 0.5) is 13.6 Å². The lowest BCUT2D eigenvalue weighted by Gasteiger charge is -2.30. The maximum Gasteiger partial charge on any atom is 0.387 e. The molecule has 1 saturated carbocycles. The number of hydrogen-bond donors (Lipinski definition) is 2. The third-order valence-electron chi connectivity index (χ3n) is 5.12. The van der Waals surface area contributed by atoms with Crippen LogP contribution in [0.5, 0.6) is 5.75 Å². The number of amides is 4. The number of rotatable bonds is 7. The molecule has 2 N–H and O–H groups in total. The van der Waals surface area contributed by atoms with Gasteiger partial charge < -0.3 is 10.1 Å². The van der Waals surface area contributed by atoms with Gasteiger partial charge in [-0.2, -0.15) is 13.8 Å². The van der Waals surface area contributed by atoms with E-state index in [1.54, 1.807) is 24.1 Å². The Morgan fingerprint density at radius 3 is 2.52 bits per heavy atom. The van der Waals surface area contributed by atoms with Crippen LogP contribution in [0.1, 0.15) is 37.7 Å². The van der Waals surface area contributed by atoms with Crippen LogP contribution >= 0.6 is 0 Å². The SMILES string of the molecule is CN(CC(=O)NN1C(=O)NC2(CCCCC2)C1=O)Cc1ccc(OC(F)F)cc1. The third kappa shape index (κ3) is 5.00.